The summed E-state index contributed by atoms with van der Waals surface area (Å²) in [4.78, 5) is 0. The van der Waals surface area contributed by atoms with Gasteiger partial charge in [-0.2, -0.15) is 0 Å². The fourth-order valence-corrected chi connectivity index (χ4v) is 2.02. The van der Waals surface area contributed by atoms with E-state index in [9.17, 15) is 4.39 Å². The first-order valence-corrected chi connectivity index (χ1v) is 7.24. The molecule has 0 aromatic heterocycles. The van der Waals surface area contributed by atoms with Gasteiger partial charge in [-0.1, -0.05) is 29.8 Å². The van der Waals surface area contributed by atoms with E-state index in [1.807, 2.05) is 0 Å². The van der Waals surface area contributed by atoms with Gasteiger partial charge in [0, 0.05) is 11.0 Å². The van der Waals surface area contributed by atoms with E-state index in [4.69, 9.17) is 0 Å². The van der Waals surface area contributed by atoms with Gasteiger partial charge in [-0.15, -0.1) is 0 Å². The van der Waals surface area contributed by atoms with Crippen LogP contribution in [0.4, 0.5) is 4.39 Å². The van der Waals surface area contributed by atoms with Gasteiger partial charge in [-0.25, -0.2) is 4.39 Å². The minimum absolute atomic E-state index is 0.186. The van der Waals surface area contributed by atoms with Crippen LogP contribution in [0.1, 0.15) is 25.8 Å². The quantitative estimate of drug-likeness (QED) is 0.719. The molecule has 0 unspecified atom stereocenters. The molecular weight excluding hydrogens is 295 g/mol. The van der Waals surface area contributed by atoms with Crippen LogP contribution in [0.15, 0.2) is 22.7 Å². The first kappa shape index (κ1) is 15.6. The zero-order chi connectivity index (χ0) is 13.4. The van der Waals surface area contributed by atoms with Crippen LogP contribution < -0.4 is 10.6 Å². The lowest BCUT2D eigenvalue weighted by Gasteiger charge is -2.09. The van der Waals surface area contributed by atoms with Gasteiger partial charge in [0.15, 0.2) is 0 Å². The lowest BCUT2D eigenvalue weighted by molar-refractivity contribution is 0.530. The molecule has 0 fully saturated rings. The SMILES string of the molecule is CC(C)CNCCCNCc1cc(F)ccc1Br. The summed E-state index contributed by atoms with van der Waals surface area (Å²) in [5.41, 5.74) is 0.963. The second kappa shape index (κ2) is 8.62. The van der Waals surface area contributed by atoms with E-state index in [2.05, 4.69) is 40.4 Å². The molecular formula is C14H22BrFN2. The molecule has 1 aromatic rings. The van der Waals surface area contributed by atoms with E-state index >= 15 is 0 Å². The Morgan fingerprint density at radius 2 is 1.94 bits per heavy atom. The first-order chi connectivity index (χ1) is 8.59. The highest BCUT2D eigenvalue weighted by Crippen LogP contribution is 2.17. The number of hydrogen-bond acceptors (Lipinski definition) is 2. The Bertz CT molecular complexity index is 356. The Balaban J connectivity index is 2.12. The lowest BCUT2D eigenvalue weighted by Crippen LogP contribution is -2.24. The van der Waals surface area contributed by atoms with Gasteiger partial charge in [0.1, 0.15) is 5.82 Å². The lowest BCUT2D eigenvalue weighted by atomic mass is 10.2. The summed E-state index contributed by atoms with van der Waals surface area (Å²) in [5, 5.41) is 6.72. The highest BCUT2D eigenvalue weighted by Gasteiger charge is 2.01. The topological polar surface area (TPSA) is 24.1 Å². The maximum Gasteiger partial charge on any atom is 0.123 e. The van der Waals surface area contributed by atoms with Crippen molar-refractivity contribution in [2.45, 2.75) is 26.8 Å². The van der Waals surface area contributed by atoms with Crippen molar-refractivity contribution in [2.24, 2.45) is 5.92 Å². The number of rotatable bonds is 8. The smallest absolute Gasteiger partial charge is 0.123 e. The molecule has 102 valence electrons. The Morgan fingerprint density at radius 1 is 1.22 bits per heavy atom. The Kier molecular flexibility index (Phi) is 7.47. The summed E-state index contributed by atoms with van der Waals surface area (Å²) in [7, 11) is 0. The molecule has 0 spiro atoms. The molecule has 0 bridgehead atoms. The predicted octanol–water partition coefficient (Wildman–Crippen LogP) is 3.31. The molecule has 2 nitrogen and oxygen atoms in total. The van der Waals surface area contributed by atoms with Gasteiger partial charge in [-0.3, -0.25) is 0 Å². The van der Waals surface area contributed by atoms with Crippen LogP contribution in [-0.4, -0.2) is 19.6 Å². The number of halogens is 2. The van der Waals surface area contributed by atoms with E-state index < -0.39 is 0 Å². The third kappa shape index (κ3) is 6.47. The zero-order valence-electron chi connectivity index (χ0n) is 11.1. The third-order valence-corrected chi connectivity index (χ3v) is 3.36. The molecule has 4 heteroatoms. The Morgan fingerprint density at radius 3 is 2.67 bits per heavy atom. The second-order valence-electron chi connectivity index (χ2n) is 4.86. The van der Waals surface area contributed by atoms with Crippen molar-refractivity contribution in [2.75, 3.05) is 19.6 Å². The zero-order valence-corrected chi connectivity index (χ0v) is 12.7. The average Bonchev–Trinajstić information content (AvgIpc) is 2.32. The fraction of sp³-hybridized carbons (Fsp3) is 0.571. The van der Waals surface area contributed by atoms with Crippen molar-refractivity contribution < 1.29 is 4.39 Å². The maximum atomic E-state index is 13.0. The molecule has 0 radical (unpaired) electrons. The van der Waals surface area contributed by atoms with Gasteiger partial charge >= 0.3 is 0 Å². The molecule has 0 amide bonds. The van der Waals surface area contributed by atoms with Gasteiger partial charge in [-0.05, 0) is 55.7 Å². The second-order valence-corrected chi connectivity index (χ2v) is 5.72. The van der Waals surface area contributed by atoms with Gasteiger partial charge < -0.3 is 10.6 Å². The monoisotopic (exact) mass is 316 g/mol. The largest absolute Gasteiger partial charge is 0.316 e. The molecule has 18 heavy (non-hydrogen) atoms. The van der Waals surface area contributed by atoms with Crippen LogP contribution in [0.3, 0.4) is 0 Å². The molecule has 2 N–H and O–H groups in total. The average molecular weight is 317 g/mol. The van der Waals surface area contributed by atoms with E-state index in [1.54, 1.807) is 12.1 Å². The molecule has 0 aliphatic heterocycles. The summed E-state index contributed by atoms with van der Waals surface area (Å²) < 4.78 is 14.0. The molecule has 0 atom stereocenters. The Labute approximate surface area is 117 Å². The first-order valence-electron chi connectivity index (χ1n) is 6.45. The molecule has 1 aromatic carbocycles. The van der Waals surface area contributed by atoms with Crippen LogP contribution in [-0.2, 0) is 6.54 Å². The third-order valence-electron chi connectivity index (χ3n) is 2.58. The minimum atomic E-state index is -0.186. The number of benzene rings is 1. The standard InChI is InChI=1S/C14H22BrFN2/c1-11(2)9-17-6-3-7-18-10-12-8-13(16)4-5-14(12)15/h4-5,8,11,17-18H,3,6-7,9-10H2,1-2H3. The van der Waals surface area contributed by atoms with Crippen LogP contribution in [0.5, 0.6) is 0 Å². The van der Waals surface area contributed by atoms with Crippen molar-refractivity contribution in [1.82, 2.24) is 10.6 Å². The van der Waals surface area contributed by atoms with Gasteiger partial charge in [0.2, 0.25) is 0 Å². The normalized spacial score (nSPS) is 11.2. The minimum Gasteiger partial charge on any atom is -0.316 e. The van der Waals surface area contributed by atoms with E-state index in [1.165, 1.54) is 6.07 Å². The van der Waals surface area contributed by atoms with Crippen LogP contribution >= 0.6 is 15.9 Å². The fourth-order valence-electron chi connectivity index (χ4n) is 1.63. The van der Waals surface area contributed by atoms with Gasteiger partial charge in [0.05, 0.1) is 0 Å². The van der Waals surface area contributed by atoms with E-state index in [-0.39, 0.29) is 5.82 Å². The number of hydrogen-bond donors (Lipinski definition) is 2. The molecule has 0 aliphatic rings. The van der Waals surface area contributed by atoms with Crippen LogP contribution in [0.2, 0.25) is 0 Å². The predicted molar refractivity (Wildman–Crippen MR) is 78.1 cm³/mol. The number of nitrogens with one attached hydrogen (secondary N) is 2. The molecule has 0 aliphatic carbocycles. The van der Waals surface area contributed by atoms with E-state index in [0.717, 1.165) is 36.1 Å². The summed E-state index contributed by atoms with van der Waals surface area (Å²) in [5.74, 6) is 0.509. The van der Waals surface area contributed by atoms with Gasteiger partial charge in [0.25, 0.3) is 0 Å². The van der Waals surface area contributed by atoms with Crippen molar-refractivity contribution in [3.63, 3.8) is 0 Å². The highest BCUT2D eigenvalue weighted by molar-refractivity contribution is 9.10. The van der Waals surface area contributed by atoms with Crippen molar-refractivity contribution in [3.05, 3.63) is 34.1 Å². The highest BCUT2D eigenvalue weighted by atomic mass is 79.9. The summed E-state index contributed by atoms with van der Waals surface area (Å²) >= 11 is 3.42. The molecule has 1 rings (SSSR count). The summed E-state index contributed by atoms with van der Waals surface area (Å²) in [6.07, 6.45) is 1.08. The molecule has 0 saturated heterocycles. The Hall–Kier alpha value is -0.450. The summed E-state index contributed by atoms with van der Waals surface area (Å²) in [6, 6.07) is 4.77. The molecule has 0 heterocycles. The van der Waals surface area contributed by atoms with Crippen LogP contribution in [0, 0.1) is 11.7 Å². The maximum absolute atomic E-state index is 13.0. The molecule has 0 saturated carbocycles. The van der Waals surface area contributed by atoms with Crippen molar-refractivity contribution in [3.8, 4) is 0 Å². The van der Waals surface area contributed by atoms with Crippen LogP contribution in [0.25, 0.3) is 0 Å². The van der Waals surface area contributed by atoms with Crippen molar-refractivity contribution in [1.29, 1.82) is 0 Å². The summed E-state index contributed by atoms with van der Waals surface area (Å²) in [6.45, 7) is 8.13. The van der Waals surface area contributed by atoms with E-state index in [0.29, 0.717) is 12.5 Å². The van der Waals surface area contributed by atoms with Crippen molar-refractivity contribution >= 4 is 15.9 Å².